The number of nitrogens with zero attached hydrogens (tertiary/aromatic N) is 1. The van der Waals surface area contributed by atoms with Crippen LogP contribution in [0.2, 0.25) is 0 Å². The first-order valence-electron chi connectivity index (χ1n) is 5.62. The van der Waals surface area contributed by atoms with Crippen LogP contribution in [0.25, 0.3) is 0 Å². The number of aryl methyl sites for hydroxylation is 1. The highest BCUT2D eigenvalue weighted by Crippen LogP contribution is 2.22. The van der Waals surface area contributed by atoms with Crippen molar-refractivity contribution in [3.63, 3.8) is 0 Å². The molecule has 0 aliphatic rings. The minimum atomic E-state index is -3.31. The van der Waals surface area contributed by atoms with Crippen molar-refractivity contribution >= 4 is 37.9 Å². The molecule has 0 bridgehead atoms. The zero-order valence-corrected chi connectivity index (χ0v) is 12.5. The van der Waals surface area contributed by atoms with E-state index < -0.39 is 9.84 Å². The Morgan fingerprint density at radius 2 is 2.10 bits per heavy atom. The Balaban J connectivity index is 2.27. The van der Waals surface area contributed by atoms with E-state index in [1.807, 2.05) is 0 Å². The molecular weight excluding hydrogens is 298 g/mol. The smallest absolute Gasteiger partial charge is 0.267 e. The molecule has 0 aliphatic carbocycles. The van der Waals surface area contributed by atoms with Crippen molar-refractivity contribution < 1.29 is 13.2 Å². The molecular formula is C12H13N3O3S2. The average Bonchev–Trinajstić information content (AvgIpc) is 2.68. The second-order valence-corrected chi connectivity index (χ2v) is 7.27. The molecule has 20 heavy (non-hydrogen) atoms. The number of aromatic nitrogens is 1. The number of benzene rings is 1. The zero-order valence-electron chi connectivity index (χ0n) is 10.9. The lowest BCUT2D eigenvalue weighted by atomic mass is 10.3. The van der Waals surface area contributed by atoms with E-state index in [4.69, 9.17) is 5.73 Å². The number of hydrogen-bond donors (Lipinski definition) is 2. The summed E-state index contributed by atoms with van der Waals surface area (Å²) in [6.45, 7) is 1.69. The predicted octanol–water partition coefficient (Wildman–Crippen LogP) is 1.69. The largest absolute Gasteiger partial charge is 0.375 e. The SMILES string of the molecule is Cc1nc(N)sc1C(=O)Nc1cccc(S(C)(=O)=O)c1. The minimum Gasteiger partial charge on any atom is -0.375 e. The Morgan fingerprint density at radius 1 is 1.40 bits per heavy atom. The van der Waals surface area contributed by atoms with Crippen LogP contribution in [0.1, 0.15) is 15.4 Å². The number of nitrogens with two attached hydrogens (primary N) is 1. The topological polar surface area (TPSA) is 102 Å². The summed E-state index contributed by atoms with van der Waals surface area (Å²) >= 11 is 1.09. The van der Waals surface area contributed by atoms with Gasteiger partial charge in [-0.05, 0) is 25.1 Å². The lowest BCUT2D eigenvalue weighted by molar-refractivity contribution is 0.103. The molecule has 2 rings (SSSR count). The van der Waals surface area contributed by atoms with Gasteiger partial charge in [-0.25, -0.2) is 13.4 Å². The van der Waals surface area contributed by atoms with Crippen molar-refractivity contribution in [2.24, 2.45) is 0 Å². The van der Waals surface area contributed by atoms with Crippen molar-refractivity contribution in [1.82, 2.24) is 4.98 Å². The fraction of sp³-hybridized carbons (Fsp3) is 0.167. The normalized spacial score (nSPS) is 11.3. The van der Waals surface area contributed by atoms with E-state index in [2.05, 4.69) is 10.3 Å². The highest BCUT2D eigenvalue weighted by molar-refractivity contribution is 7.90. The molecule has 0 aliphatic heterocycles. The standard InChI is InChI=1S/C12H13N3O3S2/c1-7-10(19-12(13)14-7)11(16)15-8-4-3-5-9(6-8)20(2,17)18/h3-6H,1-2H3,(H2,13,14)(H,15,16). The molecule has 1 amide bonds. The third-order valence-electron chi connectivity index (χ3n) is 2.54. The van der Waals surface area contributed by atoms with E-state index >= 15 is 0 Å². The second-order valence-electron chi connectivity index (χ2n) is 4.22. The monoisotopic (exact) mass is 311 g/mol. The molecule has 106 valence electrons. The summed E-state index contributed by atoms with van der Waals surface area (Å²) in [5, 5.41) is 2.95. The van der Waals surface area contributed by atoms with Crippen molar-refractivity contribution in [2.45, 2.75) is 11.8 Å². The first-order valence-corrected chi connectivity index (χ1v) is 8.32. The van der Waals surface area contributed by atoms with Gasteiger partial charge in [0.2, 0.25) is 0 Å². The summed E-state index contributed by atoms with van der Waals surface area (Å²) in [5.74, 6) is -0.359. The Morgan fingerprint density at radius 3 is 2.65 bits per heavy atom. The molecule has 3 N–H and O–H groups in total. The number of amides is 1. The molecule has 0 spiro atoms. The van der Waals surface area contributed by atoms with Gasteiger partial charge in [0.25, 0.3) is 5.91 Å². The van der Waals surface area contributed by atoms with E-state index in [-0.39, 0.29) is 10.8 Å². The number of nitrogen functional groups attached to an aromatic ring is 1. The molecule has 0 saturated carbocycles. The van der Waals surface area contributed by atoms with Crippen LogP contribution in [-0.4, -0.2) is 25.6 Å². The summed E-state index contributed by atoms with van der Waals surface area (Å²) in [7, 11) is -3.31. The van der Waals surface area contributed by atoms with Crippen LogP contribution in [0.4, 0.5) is 10.8 Å². The number of carbonyl (C=O) groups is 1. The molecule has 1 aromatic heterocycles. The van der Waals surface area contributed by atoms with Crippen LogP contribution in [0.5, 0.6) is 0 Å². The summed E-state index contributed by atoms with van der Waals surface area (Å²) in [6.07, 6.45) is 1.11. The molecule has 0 atom stereocenters. The van der Waals surface area contributed by atoms with Crippen molar-refractivity contribution in [3.05, 3.63) is 34.8 Å². The Labute approximate surface area is 120 Å². The van der Waals surface area contributed by atoms with Gasteiger partial charge in [0.1, 0.15) is 4.88 Å². The molecule has 0 fully saturated rings. The molecule has 1 aromatic carbocycles. The Bertz CT molecular complexity index is 766. The number of anilines is 2. The van der Waals surface area contributed by atoms with Gasteiger partial charge in [-0.3, -0.25) is 4.79 Å². The van der Waals surface area contributed by atoms with Gasteiger partial charge in [0.05, 0.1) is 10.6 Å². The maximum absolute atomic E-state index is 12.1. The van der Waals surface area contributed by atoms with Crippen LogP contribution < -0.4 is 11.1 Å². The third-order valence-corrected chi connectivity index (χ3v) is 4.64. The maximum atomic E-state index is 12.1. The second kappa shape index (κ2) is 5.22. The van der Waals surface area contributed by atoms with Crippen LogP contribution >= 0.6 is 11.3 Å². The Kier molecular flexibility index (Phi) is 3.78. The molecule has 0 unspecified atom stereocenters. The number of rotatable bonds is 3. The predicted molar refractivity (Wildman–Crippen MR) is 78.8 cm³/mol. The van der Waals surface area contributed by atoms with Crippen LogP contribution in [0.3, 0.4) is 0 Å². The first-order chi connectivity index (χ1) is 9.27. The van der Waals surface area contributed by atoms with Crippen LogP contribution in [0, 0.1) is 6.92 Å². The molecule has 2 aromatic rings. The molecule has 1 heterocycles. The molecule has 0 radical (unpaired) electrons. The van der Waals surface area contributed by atoms with Gasteiger partial charge in [-0.1, -0.05) is 17.4 Å². The number of hydrogen-bond acceptors (Lipinski definition) is 6. The molecule has 8 heteroatoms. The Hall–Kier alpha value is -1.93. The highest BCUT2D eigenvalue weighted by atomic mass is 32.2. The quantitative estimate of drug-likeness (QED) is 0.898. The fourth-order valence-corrected chi connectivity index (χ4v) is 3.02. The van der Waals surface area contributed by atoms with Crippen LogP contribution in [-0.2, 0) is 9.84 Å². The van der Waals surface area contributed by atoms with E-state index in [9.17, 15) is 13.2 Å². The van der Waals surface area contributed by atoms with Gasteiger partial charge in [-0.15, -0.1) is 0 Å². The van der Waals surface area contributed by atoms with Gasteiger partial charge in [0.15, 0.2) is 15.0 Å². The van der Waals surface area contributed by atoms with Crippen molar-refractivity contribution in [3.8, 4) is 0 Å². The van der Waals surface area contributed by atoms with E-state index in [0.717, 1.165) is 17.6 Å². The molecule has 0 saturated heterocycles. The van der Waals surface area contributed by atoms with Crippen LogP contribution in [0.15, 0.2) is 29.2 Å². The number of sulfone groups is 1. The molecule has 6 nitrogen and oxygen atoms in total. The maximum Gasteiger partial charge on any atom is 0.267 e. The number of carbonyl (C=O) groups excluding carboxylic acids is 1. The van der Waals surface area contributed by atoms with E-state index in [1.54, 1.807) is 19.1 Å². The van der Waals surface area contributed by atoms with Gasteiger partial charge < -0.3 is 11.1 Å². The minimum absolute atomic E-state index is 0.149. The summed E-state index contributed by atoms with van der Waals surface area (Å²) in [4.78, 5) is 16.6. The lowest BCUT2D eigenvalue weighted by Crippen LogP contribution is -2.12. The number of nitrogens with one attached hydrogen (secondary N) is 1. The van der Waals surface area contributed by atoms with E-state index in [0.29, 0.717) is 21.4 Å². The highest BCUT2D eigenvalue weighted by Gasteiger charge is 2.15. The first kappa shape index (κ1) is 14.5. The summed E-state index contributed by atoms with van der Waals surface area (Å²) in [5.41, 5.74) is 6.49. The van der Waals surface area contributed by atoms with Gasteiger partial charge >= 0.3 is 0 Å². The van der Waals surface area contributed by atoms with E-state index in [1.165, 1.54) is 12.1 Å². The number of thiazole rings is 1. The summed E-state index contributed by atoms with van der Waals surface area (Å²) < 4.78 is 22.9. The third kappa shape index (κ3) is 3.14. The van der Waals surface area contributed by atoms with Crippen molar-refractivity contribution in [2.75, 3.05) is 17.3 Å². The average molecular weight is 311 g/mol. The van der Waals surface area contributed by atoms with Gasteiger partial charge in [-0.2, -0.15) is 0 Å². The van der Waals surface area contributed by atoms with Crippen molar-refractivity contribution in [1.29, 1.82) is 0 Å². The zero-order chi connectivity index (χ0) is 14.9. The fourth-order valence-electron chi connectivity index (χ4n) is 1.62. The summed E-state index contributed by atoms with van der Waals surface area (Å²) in [6, 6.07) is 6.07. The lowest BCUT2D eigenvalue weighted by Gasteiger charge is -2.05. The van der Waals surface area contributed by atoms with Gasteiger partial charge in [0, 0.05) is 11.9 Å².